The zero-order chi connectivity index (χ0) is 12.7. The highest BCUT2D eigenvalue weighted by Gasteiger charge is 2.51. The number of thiazole rings is 1. The number of hydrogen-bond donors (Lipinski definition) is 2. The normalized spacial score (nSPS) is 32.7. The van der Waals surface area contributed by atoms with Gasteiger partial charge in [0.25, 0.3) is 0 Å². The molecule has 3 rings (SSSR count). The molecule has 1 heterocycles. The highest BCUT2D eigenvalue weighted by atomic mass is 32.1. The number of aliphatic carboxylic acids is 1. The van der Waals surface area contributed by atoms with E-state index in [9.17, 15) is 14.7 Å². The van der Waals surface area contributed by atoms with Crippen molar-refractivity contribution in [3.05, 3.63) is 23.7 Å². The molecule has 94 valence electrons. The van der Waals surface area contributed by atoms with Crippen molar-refractivity contribution in [2.24, 2.45) is 23.7 Å². The molecule has 2 N–H and O–H groups in total. The lowest BCUT2D eigenvalue weighted by Gasteiger charge is -2.23. The number of carbonyl (C=O) groups is 2. The molecular formula is C12H12N2O3S. The second-order valence-corrected chi connectivity index (χ2v) is 5.56. The van der Waals surface area contributed by atoms with Gasteiger partial charge >= 0.3 is 5.97 Å². The lowest BCUT2D eigenvalue weighted by atomic mass is 9.82. The predicted molar refractivity (Wildman–Crippen MR) is 66.1 cm³/mol. The molecule has 0 spiro atoms. The van der Waals surface area contributed by atoms with Gasteiger partial charge in [-0.05, 0) is 18.3 Å². The van der Waals surface area contributed by atoms with E-state index in [1.807, 2.05) is 12.2 Å². The van der Waals surface area contributed by atoms with Gasteiger partial charge in [0.05, 0.1) is 11.8 Å². The average molecular weight is 264 g/mol. The van der Waals surface area contributed by atoms with Crippen LogP contribution in [-0.4, -0.2) is 22.0 Å². The molecule has 0 aromatic carbocycles. The van der Waals surface area contributed by atoms with Gasteiger partial charge in [0, 0.05) is 11.6 Å². The fourth-order valence-corrected chi connectivity index (χ4v) is 3.52. The van der Waals surface area contributed by atoms with E-state index >= 15 is 0 Å². The van der Waals surface area contributed by atoms with Crippen LogP contribution >= 0.6 is 11.3 Å². The fourth-order valence-electron chi connectivity index (χ4n) is 2.99. The molecular weight excluding hydrogens is 252 g/mol. The second kappa shape index (κ2) is 4.20. The van der Waals surface area contributed by atoms with Crippen molar-refractivity contribution in [2.75, 3.05) is 5.32 Å². The number of nitrogens with one attached hydrogen (secondary N) is 1. The number of fused-ring (bicyclic) bond motifs is 2. The van der Waals surface area contributed by atoms with Crippen molar-refractivity contribution in [1.82, 2.24) is 4.98 Å². The second-order valence-electron chi connectivity index (χ2n) is 4.66. The number of hydrogen-bond acceptors (Lipinski definition) is 4. The van der Waals surface area contributed by atoms with E-state index in [2.05, 4.69) is 10.3 Å². The first-order valence-corrected chi connectivity index (χ1v) is 6.66. The molecule has 0 saturated heterocycles. The van der Waals surface area contributed by atoms with E-state index in [0.29, 0.717) is 5.13 Å². The highest BCUT2D eigenvalue weighted by molar-refractivity contribution is 7.13. The predicted octanol–water partition coefficient (Wildman–Crippen LogP) is 1.60. The Morgan fingerprint density at radius 2 is 2.06 bits per heavy atom. The van der Waals surface area contributed by atoms with Crippen LogP contribution in [0.25, 0.3) is 0 Å². The minimum absolute atomic E-state index is 0.000421. The molecule has 5 nitrogen and oxygen atoms in total. The SMILES string of the molecule is O=C(O)[C@@H]1C2C=CC(C2)[C@@H]1C(=O)Nc1nccs1. The van der Waals surface area contributed by atoms with Crippen LogP contribution < -0.4 is 5.32 Å². The smallest absolute Gasteiger partial charge is 0.307 e. The van der Waals surface area contributed by atoms with E-state index in [1.54, 1.807) is 11.6 Å². The fraction of sp³-hybridized carbons (Fsp3) is 0.417. The molecule has 0 radical (unpaired) electrons. The van der Waals surface area contributed by atoms with Gasteiger partial charge in [-0.25, -0.2) is 4.98 Å². The standard InChI is InChI=1S/C12H12N2O3S/c15-10(14-12-13-3-4-18-12)8-6-1-2-7(5-6)9(8)11(16)17/h1-4,6-9H,5H2,(H,16,17)(H,13,14,15)/t6?,7?,8-,9+/m0/s1. The summed E-state index contributed by atoms with van der Waals surface area (Å²) >= 11 is 1.33. The van der Waals surface area contributed by atoms with Gasteiger partial charge in [0.15, 0.2) is 5.13 Å². The Morgan fingerprint density at radius 1 is 1.33 bits per heavy atom. The van der Waals surface area contributed by atoms with Crippen LogP contribution in [0.4, 0.5) is 5.13 Å². The number of rotatable bonds is 3. The summed E-state index contributed by atoms with van der Waals surface area (Å²) in [6.07, 6.45) is 6.27. The van der Waals surface area contributed by atoms with Crippen molar-refractivity contribution < 1.29 is 14.7 Å². The topological polar surface area (TPSA) is 79.3 Å². The summed E-state index contributed by atoms with van der Waals surface area (Å²) in [5.41, 5.74) is 0. The third-order valence-electron chi connectivity index (χ3n) is 3.71. The van der Waals surface area contributed by atoms with Crippen LogP contribution in [0, 0.1) is 23.7 Å². The third-order valence-corrected chi connectivity index (χ3v) is 4.40. The summed E-state index contributed by atoms with van der Waals surface area (Å²) in [6.45, 7) is 0. The lowest BCUT2D eigenvalue weighted by Crippen LogP contribution is -2.36. The maximum Gasteiger partial charge on any atom is 0.307 e. The van der Waals surface area contributed by atoms with Gasteiger partial charge < -0.3 is 10.4 Å². The van der Waals surface area contributed by atoms with Gasteiger partial charge in [-0.1, -0.05) is 12.2 Å². The van der Waals surface area contributed by atoms with Crippen molar-refractivity contribution in [3.8, 4) is 0 Å². The van der Waals surface area contributed by atoms with Gasteiger partial charge in [-0.15, -0.1) is 11.3 Å². The molecule has 4 atom stereocenters. The van der Waals surface area contributed by atoms with Gasteiger partial charge in [-0.3, -0.25) is 9.59 Å². The van der Waals surface area contributed by atoms with Gasteiger partial charge in [-0.2, -0.15) is 0 Å². The molecule has 1 aromatic rings. The first-order valence-electron chi connectivity index (χ1n) is 5.78. The largest absolute Gasteiger partial charge is 0.481 e. The first-order chi connectivity index (χ1) is 8.66. The molecule has 2 aliphatic rings. The summed E-state index contributed by atoms with van der Waals surface area (Å²) in [4.78, 5) is 27.4. The minimum Gasteiger partial charge on any atom is -0.481 e. The van der Waals surface area contributed by atoms with Crippen LogP contribution in [-0.2, 0) is 9.59 Å². The number of carboxylic acids is 1. The van der Waals surface area contributed by atoms with Crippen molar-refractivity contribution in [2.45, 2.75) is 6.42 Å². The number of aromatic nitrogens is 1. The zero-order valence-corrected chi connectivity index (χ0v) is 10.3. The Balaban J connectivity index is 1.80. The summed E-state index contributed by atoms with van der Waals surface area (Å²) < 4.78 is 0. The maximum absolute atomic E-state index is 12.2. The number of amides is 1. The number of carboxylic acid groups (broad SMARTS) is 1. The van der Waals surface area contributed by atoms with E-state index in [0.717, 1.165) is 6.42 Å². The molecule has 1 saturated carbocycles. The maximum atomic E-state index is 12.2. The van der Waals surface area contributed by atoms with Crippen LogP contribution in [0.1, 0.15) is 6.42 Å². The summed E-state index contributed by atoms with van der Waals surface area (Å²) in [6, 6.07) is 0. The monoisotopic (exact) mass is 264 g/mol. The zero-order valence-electron chi connectivity index (χ0n) is 9.45. The molecule has 6 heteroatoms. The Bertz CT molecular complexity index is 511. The summed E-state index contributed by atoms with van der Waals surface area (Å²) in [5, 5.41) is 14.3. The van der Waals surface area contributed by atoms with Crippen LogP contribution in [0.3, 0.4) is 0 Å². The van der Waals surface area contributed by atoms with E-state index in [1.165, 1.54) is 11.3 Å². The molecule has 2 aliphatic carbocycles. The minimum atomic E-state index is -0.883. The molecule has 18 heavy (non-hydrogen) atoms. The number of nitrogens with zero attached hydrogens (tertiary/aromatic N) is 1. The molecule has 0 aliphatic heterocycles. The van der Waals surface area contributed by atoms with E-state index in [-0.39, 0.29) is 17.7 Å². The number of allylic oxidation sites excluding steroid dienone is 2. The molecule has 2 bridgehead atoms. The van der Waals surface area contributed by atoms with E-state index in [4.69, 9.17) is 0 Å². The summed E-state index contributed by atoms with van der Waals surface area (Å²) in [5.74, 6) is -2.13. The summed E-state index contributed by atoms with van der Waals surface area (Å²) in [7, 11) is 0. The first kappa shape index (κ1) is 11.4. The van der Waals surface area contributed by atoms with Crippen molar-refractivity contribution in [3.63, 3.8) is 0 Å². The third kappa shape index (κ3) is 1.73. The van der Waals surface area contributed by atoms with Gasteiger partial charge in [0.1, 0.15) is 0 Å². The molecule has 2 unspecified atom stereocenters. The number of carbonyl (C=O) groups excluding carboxylic acids is 1. The van der Waals surface area contributed by atoms with Crippen molar-refractivity contribution in [1.29, 1.82) is 0 Å². The van der Waals surface area contributed by atoms with Gasteiger partial charge in [0.2, 0.25) is 5.91 Å². The van der Waals surface area contributed by atoms with E-state index < -0.39 is 17.8 Å². The Hall–Kier alpha value is -1.69. The molecule has 1 fully saturated rings. The average Bonchev–Trinajstić information content (AvgIpc) is 3.03. The lowest BCUT2D eigenvalue weighted by molar-refractivity contribution is -0.146. The van der Waals surface area contributed by atoms with Crippen LogP contribution in [0.2, 0.25) is 0 Å². The Labute approximate surface area is 108 Å². The Morgan fingerprint density at radius 3 is 2.67 bits per heavy atom. The van der Waals surface area contributed by atoms with Crippen LogP contribution in [0.5, 0.6) is 0 Å². The number of anilines is 1. The quantitative estimate of drug-likeness (QED) is 0.813. The van der Waals surface area contributed by atoms with Crippen molar-refractivity contribution >= 4 is 28.3 Å². The van der Waals surface area contributed by atoms with Crippen LogP contribution in [0.15, 0.2) is 23.7 Å². The highest BCUT2D eigenvalue weighted by Crippen LogP contribution is 2.48. The Kier molecular flexibility index (Phi) is 2.66. The molecule has 1 amide bonds. The molecule has 1 aromatic heterocycles.